The number of benzene rings is 2. The summed E-state index contributed by atoms with van der Waals surface area (Å²) in [5, 5.41) is 3.41. The van der Waals surface area contributed by atoms with Crippen LogP contribution in [0.15, 0.2) is 60.7 Å². The molecule has 1 aliphatic carbocycles. The van der Waals surface area contributed by atoms with Gasteiger partial charge in [-0.05, 0) is 37.1 Å². The van der Waals surface area contributed by atoms with Gasteiger partial charge >= 0.3 is 0 Å². The van der Waals surface area contributed by atoms with Crippen molar-refractivity contribution in [1.82, 2.24) is 5.32 Å². The monoisotopic (exact) mass is 294 g/mol. The minimum absolute atomic E-state index is 0.0873. The fraction of sp³-hybridized carbons (Fsp3) is 0.316. The lowest BCUT2D eigenvalue weighted by atomic mass is 10.2. The van der Waals surface area contributed by atoms with Crippen molar-refractivity contribution in [3.63, 3.8) is 0 Å². The normalized spacial score (nSPS) is 14.9. The number of para-hydroxylation sites is 2. The van der Waals surface area contributed by atoms with Crippen molar-refractivity contribution in [3.8, 4) is 0 Å². The van der Waals surface area contributed by atoms with Gasteiger partial charge in [-0.2, -0.15) is 0 Å². The van der Waals surface area contributed by atoms with Crippen molar-refractivity contribution in [2.45, 2.75) is 31.7 Å². The predicted octanol–water partition coefficient (Wildman–Crippen LogP) is 3.88. The van der Waals surface area contributed by atoms with Gasteiger partial charge in [-0.1, -0.05) is 49.2 Å². The average Bonchev–Trinajstić information content (AvgIpc) is 3.09. The van der Waals surface area contributed by atoms with E-state index in [1.54, 1.807) is 4.90 Å². The van der Waals surface area contributed by atoms with Gasteiger partial charge in [0.25, 0.3) is 0 Å². The van der Waals surface area contributed by atoms with E-state index in [0.29, 0.717) is 12.6 Å². The van der Waals surface area contributed by atoms with Gasteiger partial charge in [-0.15, -0.1) is 0 Å². The smallest absolute Gasteiger partial charge is 0.245 e. The number of hydrogen-bond donors (Lipinski definition) is 1. The third-order valence-corrected chi connectivity index (χ3v) is 4.18. The first kappa shape index (κ1) is 14.8. The second-order valence-electron chi connectivity index (χ2n) is 5.76. The van der Waals surface area contributed by atoms with E-state index in [-0.39, 0.29) is 5.91 Å². The quantitative estimate of drug-likeness (QED) is 0.907. The largest absolute Gasteiger partial charge is 0.306 e. The summed E-state index contributed by atoms with van der Waals surface area (Å²) in [6.45, 7) is 0.383. The standard InChI is InChI=1S/C19H22N2O/c22-19(15-20-16-9-7-8-10-16)21(17-11-3-1-4-12-17)18-13-5-2-6-14-18/h1-6,11-14,16,20H,7-10,15H2. The summed E-state index contributed by atoms with van der Waals surface area (Å²) >= 11 is 0. The summed E-state index contributed by atoms with van der Waals surface area (Å²) in [4.78, 5) is 14.6. The Labute approximate surface area is 132 Å². The molecule has 0 heterocycles. The van der Waals surface area contributed by atoms with Crippen LogP contribution in [0.3, 0.4) is 0 Å². The fourth-order valence-corrected chi connectivity index (χ4v) is 3.03. The van der Waals surface area contributed by atoms with Crippen LogP contribution in [0.1, 0.15) is 25.7 Å². The van der Waals surface area contributed by atoms with Crippen LogP contribution in [0, 0.1) is 0 Å². The molecule has 0 unspecified atom stereocenters. The molecule has 2 aromatic carbocycles. The molecule has 0 radical (unpaired) electrons. The Hall–Kier alpha value is -2.13. The van der Waals surface area contributed by atoms with E-state index in [4.69, 9.17) is 0 Å². The molecule has 3 heteroatoms. The zero-order valence-corrected chi connectivity index (χ0v) is 12.7. The van der Waals surface area contributed by atoms with Crippen LogP contribution >= 0.6 is 0 Å². The van der Waals surface area contributed by atoms with E-state index >= 15 is 0 Å². The first-order valence-corrected chi connectivity index (χ1v) is 8.01. The van der Waals surface area contributed by atoms with Gasteiger partial charge in [0, 0.05) is 17.4 Å². The summed E-state index contributed by atoms with van der Waals surface area (Å²) in [7, 11) is 0. The van der Waals surface area contributed by atoms with Crippen molar-refractivity contribution >= 4 is 17.3 Å². The van der Waals surface area contributed by atoms with Gasteiger partial charge in [-0.25, -0.2) is 0 Å². The Morgan fingerprint density at radius 2 is 1.41 bits per heavy atom. The molecule has 0 aliphatic heterocycles. The topological polar surface area (TPSA) is 32.3 Å². The number of hydrogen-bond acceptors (Lipinski definition) is 2. The molecule has 0 aromatic heterocycles. The lowest BCUT2D eigenvalue weighted by Gasteiger charge is -2.24. The van der Waals surface area contributed by atoms with Crippen LogP contribution in [0.25, 0.3) is 0 Å². The molecule has 3 rings (SSSR count). The van der Waals surface area contributed by atoms with Gasteiger partial charge in [0.05, 0.1) is 6.54 Å². The Balaban J connectivity index is 1.77. The van der Waals surface area contributed by atoms with Crippen molar-refractivity contribution in [1.29, 1.82) is 0 Å². The van der Waals surface area contributed by atoms with Crippen LogP contribution in [-0.2, 0) is 4.79 Å². The lowest BCUT2D eigenvalue weighted by Crippen LogP contribution is -2.38. The first-order chi connectivity index (χ1) is 10.8. The molecular formula is C19H22N2O. The molecule has 1 saturated carbocycles. The fourth-order valence-electron chi connectivity index (χ4n) is 3.03. The zero-order chi connectivity index (χ0) is 15.2. The van der Waals surface area contributed by atoms with E-state index in [1.165, 1.54) is 25.7 Å². The minimum atomic E-state index is 0.0873. The van der Waals surface area contributed by atoms with E-state index in [0.717, 1.165) is 11.4 Å². The second kappa shape index (κ2) is 7.23. The number of carbonyl (C=O) groups excluding carboxylic acids is 1. The molecule has 0 spiro atoms. The second-order valence-corrected chi connectivity index (χ2v) is 5.76. The molecule has 0 atom stereocenters. The molecule has 1 fully saturated rings. The van der Waals surface area contributed by atoms with Crippen molar-refractivity contribution in [2.24, 2.45) is 0 Å². The maximum atomic E-state index is 12.8. The molecule has 2 aromatic rings. The molecule has 22 heavy (non-hydrogen) atoms. The van der Waals surface area contributed by atoms with Crippen LogP contribution in [-0.4, -0.2) is 18.5 Å². The molecule has 3 nitrogen and oxygen atoms in total. The Kier molecular flexibility index (Phi) is 4.86. The van der Waals surface area contributed by atoms with Crippen molar-refractivity contribution in [2.75, 3.05) is 11.4 Å². The number of carbonyl (C=O) groups is 1. The van der Waals surface area contributed by atoms with E-state index in [2.05, 4.69) is 5.32 Å². The van der Waals surface area contributed by atoms with Crippen LogP contribution < -0.4 is 10.2 Å². The van der Waals surface area contributed by atoms with Crippen LogP contribution in [0.2, 0.25) is 0 Å². The third-order valence-electron chi connectivity index (χ3n) is 4.18. The highest BCUT2D eigenvalue weighted by atomic mass is 16.2. The van der Waals surface area contributed by atoms with Gasteiger partial charge in [0.15, 0.2) is 0 Å². The Bertz CT molecular complexity index is 552. The van der Waals surface area contributed by atoms with Crippen molar-refractivity contribution < 1.29 is 4.79 Å². The average molecular weight is 294 g/mol. The van der Waals surface area contributed by atoms with Gasteiger partial charge in [0.1, 0.15) is 0 Å². The summed E-state index contributed by atoms with van der Waals surface area (Å²) in [6, 6.07) is 20.2. The van der Waals surface area contributed by atoms with E-state index in [1.807, 2.05) is 60.7 Å². The number of nitrogens with one attached hydrogen (secondary N) is 1. The molecule has 1 N–H and O–H groups in total. The highest BCUT2D eigenvalue weighted by Crippen LogP contribution is 2.25. The van der Waals surface area contributed by atoms with Gasteiger partial charge in [-0.3, -0.25) is 9.69 Å². The number of rotatable bonds is 5. The van der Waals surface area contributed by atoms with Crippen molar-refractivity contribution in [3.05, 3.63) is 60.7 Å². The maximum absolute atomic E-state index is 12.8. The predicted molar refractivity (Wildman–Crippen MR) is 90.3 cm³/mol. The van der Waals surface area contributed by atoms with Gasteiger partial charge in [0.2, 0.25) is 5.91 Å². The molecule has 0 bridgehead atoms. The summed E-state index contributed by atoms with van der Waals surface area (Å²) < 4.78 is 0. The first-order valence-electron chi connectivity index (χ1n) is 8.01. The summed E-state index contributed by atoms with van der Waals surface area (Å²) in [5.74, 6) is 0.0873. The van der Waals surface area contributed by atoms with E-state index < -0.39 is 0 Å². The van der Waals surface area contributed by atoms with Gasteiger partial charge < -0.3 is 5.32 Å². The number of nitrogens with zero attached hydrogens (tertiary/aromatic N) is 1. The highest BCUT2D eigenvalue weighted by molar-refractivity contribution is 6.01. The summed E-state index contributed by atoms with van der Waals surface area (Å²) in [6.07, 6.45) is 4.91. The molecule has 1 aliphatic rings. The Morgan fingerprint density at radius 3 is 1.91 bits per heavy atom. The minimum Gasteiger partial charge on any atom is -0.306 e. The van der Waals surface area contributed by atoms with Crippen LogP contribution in [0.4, 0.5) is 11.4 Å². The molecule has 1 amide bonds. The molecule has 114 valence electrons. The highest BCUT2D eigenvalue weighted by Gasteiger charge is 2.20. The van der Waals surface area contributed by atoms with Crippen LogP contribution in [0.5, 0.6) is 0 Å². The number of anilines is 2. The lowest BCUT2D eigenvalue weighted by molar-refractivity contribution is -0.117. The SMILES string of the molecule is O=C(CNC1CCCC1)N(c1ccccc1)c1ccccc1. The van der Waals surface area contributed by atoms with E-state index in [9.17, 15) is 4.79 Å². The molecule has 0 saturated heterocycles. The summed E-state index contributed by atoms with van der Waals surface area (Å²) in [5.41, 5.74) is 1.82. The number of amides is 1. The Morgan fingerprint density at radius 1 is 0.909 bits per heavy atom. The maximum Gasteiger partial charge on any atom is 0.245 e. The third kappa shape index (κ3) is 3.55. The molecular weight excluding hydrogens is 272 g/mol. The zero-order valence-electron chi connectivity index (χ0n) is 12.7.